The Hall–Kier alpha value is -2.30. The van der Waals surface area contributed by atoms with Crippen LogP contribution in [0.25, 0.3) is 0 Å². The molecule has 0 fully saturated rings. The summed E-state index contributed by atoms with van der Waals surface area (Å²) < 4.78 is 10.8. The van der Waals surface area contributed by atoms with Crippen molar-refractivity contribution < 1.29 is 19.1 Å². The van der Waals surface area contributed by atoms with E-state index in [0.717, 1.165) is 24.3 Å². The molecule has 5 nitrogen and oxygen atoms in total. The van der Waals surface area contributed by atoms with Crippen LogP contribution >= 0.6 is 0 Å². The molecule has 0 aliphatic carbocycles. The van der Waals surface area contributed by atoms with Crippen LogP contribution in [0.1, 0.15) is 97.6 Å². The highest BCUT2D eigenvalue weighted by Crippen LogP contribution is 2.35. The maximum absolute atomic E-state index is 12.6. The lowest BCUT2D eigenvalue weighted by Gasteiger charge is -2.42. The summed E-state index contributed by atoms with van der Waals surface area (Å²) in [4.78, 5) is 27.3. The molecule has 1 heterocycles. The van der Waals surface area contributed by atoms with E-state index in [4.69, 9.17) is 9.47 Å². The number of hydrogen-bond donors (Lipinski definition) is 0. The fraction of sp³-hybridized carbons (Fsp3) is 0.630. The molecule has 0 aromatic heterocycles. The smallest absolute Gasteiger partial charge is 0.306 e. The quantitative estimate of drug-likeness (QED) is 0.293. The summed E-state index contributed by atoms with van der Waals surface area (Å²) in [6.07, 6.45) is 8.73. The van der Waals surface area contributed by atoms with Crippen molar-refractivity contribution in [1.82, 2.24) is 4.90 Å². The molecule has 178 valence electrons. The van der Waals surface area contributed by atoms with Crippen molar-refractivity contribution in [2.75, 3.05) is 7.11 Å². The second-order valence-electron chi connectivity index (χ2n) is 9.75. The fourth-order valence-corrected chi connectivity index (χ4v) is 4.36. The van der Waals surface area contributed by atoms with Gasteiger partial charge in [-0.1, -0.05) is 44.7 Å². The molecular weight excluding hydrogens is 402 g/mol. The molecule has 5 heteroatoms. The standard InChI is InChI=1S/C27H41NO4/c1-7-8-9-10-11-22-18-24(29)19-23(14-17-26(30)32-27(3,4)5)28(22)20(2)21-12-15-25(31-6)16-13-21/h12-13,15-16,19-20,22H,7-11,14,17-18H2,1-6H3/t20-,22-/m1/s1. The van der Waals surface area contributed by atoms with Crippen molar-refractivity contribution in [1.29, 1.82) is 0 Å². The molecule has 2 atom stereocenters. The van der Waals surface area contributed by atoms with Crippen LogP contribution in [0, 0.1) is 0 Å². The Labute approximate surface area is 194 Å². The van der Waals surface area contributed by atoms with Crippen molar-refractivity contribution >= 4 is 11.8 Å². The second-order valence-corrected chi connectivity index (χ2v) is 9.75. The topological polar surface area (TPSA) is 55.8 Å². The lowest BCUT2D eigenvalue weighted by Crippen LogP contribution is -2.41. The van der Waals surface area contributed by atoms with Gasteiger partial charge in [0.05, 0.1) is 19.6 Å². The van der Waals surface area contributed by atoms with E-state index in [0.29, 0.717) is 12.8 Å². The van der Waals surface area contributed by atoms with E-state index in [1.807, 2.05) is 32.9 Å². The number of unbranched alkanes of at least 4 members (excludes halogenated alkanes) is 3. The maximum Gasteiger partial charge on any atom is 0.306 e. The van der Waals surface area contributed by atoms with Crippen molar-refractivity contribution in [3.63, 3.8) is 0 Å². The first-order chi connectivity index (χ1) is 15.1. The zero-order valence-corrected chi connectivity index (χ0v) is 20.8. The van der Waals surface area contributed by atoms with E-state index in [1.54, 1.807) is 13.2 Å². The Morgan fingerprint density at radius 3 is 2.44 bits per heavy atom. The number of ether oxygens (including phenoxy) is 2. The average Bonchev–Trinajstić information content (AvgIpc) is 2.73. The lowest BCUT2D eigenvalue weighted by molar-refractivity contribution is -0.154. The van der Waals surface area contributed by atoms with Crippen LogP contribution in [0.4, 0.5) is 0 Å². The van der Waals surface area contributed by atoms with E-state index in [2.05, 4.69) is 30.9 Å². The Kier molecular flexibility index (Phi) is 9.80. The number of ketones is 1. The van der Waals surface area contributed by atoms with Crippen LogP contribution in [0.5, 0.6) is 5.75 Å². The number of nitrogens with zero attached hydrogens (tertiary/aromatic N) is 1. The van der Waals surface area contributed by atoms with Gasteiger partial charge in [0, 0.05) is 24.2 Å². The van der Waals surface area contributed by atoms with E-state index < -0.39 is 5.60 Å². The maximum atomic E-state index is 12.6. The van der Waals surface area contributed by atoms with Crippen molar-refractivity contribution in [3.8, 4) is 5.75 Å². The highest BCUT2D eigenvalue weighted by atomic mass is 16.6. The molecule has 1 aromatic rings. The van der Waals surface area contributed by atoms with Crippen molar-refractivity contribution in [2.45, 2.75) is 104 Å². The molecule has 0 N–H and O–H groups in total. The molecule has 1 aliphatic heterocycles. The number of rotatable bonds is 11. The van der Waals surface area contributed by atoms with Gasteiger partial charge in [0.1, 0.15) is 11.4 Å². The zero-order chi connectivity index (χ0) is 23.7. The van der Waals surface area contributed by atoms with Gasteiger partial charge in [-0.3, -0.25) is 9.59 Å². The lowest BCUT2D eigenvalue weighted by atomic mass is 9.91. The summed E-state index contributed by atoms with van der Waals surface area (Å²) in [6.45, 7) is 10.0. The minimum absolute atomic E-state index is 0.0927. The van der Waals surface area contributed by atoms with Gasteiger partial charge in [-0.2, -0.15) is 0 Å². The van der Waals surface area contributed by atoms with E-state index in [9.17, 15) is 9.59 Å². The fourth-order valence-electron chi connectivity index (χ4n) is 4.36. The minimum Gasteiger partial charge on any atom is -0.497 e. The van der Waals surface area contributed by atoms with Gasteiger partial charge >= 0.3 is 5.97 Å². The van der Waals surface area contributed by atoms with Crippen LogP contribution in [0.3, 0.4) is 0 Å². The summed E-state index contributed by atoms with van der Waals surface area (Å²) in [5.74, 6) is 0.752. The third kappa shape index (κ3) is 7.99. The summed E-state index contributed by atoms with van der Waals surface area (Å²) in [6, 6.07) is 8.35. The Bertz CT molecular complexity index is 776. The van der Waals surface area contributed by atoms with Crippen LogP contribution in [0.15, 0.2) is 36.0 Å². The molecule has 1 aliphatic rings. The van der Waals surface area contributed by atoms with Crippen LogP contribution in [0.2, 0.25) is 0 Å². The van der Waals surface area contributed by atoms with Gasteiger partial charge in [0.25, 0.3) is 0 Å². The third-order valence-corrected chi connectivity index (χ3v) is 5.90. The zero-order valence-electron chi connectivity index (χ0n) is 20.8. The molecular formula is C27H41NO4. The predicted octanol–water partition coefficient (Wildman–Crippen LogP) is 6.38. The monoisotopic (exact) mass is 443 g/mol. The van der Waals surface area contributed by atoms with Crippen LogP contribution in [-0.2, 0) is 14.3 Å². The van der Waals surface area contributed by atoms with Crippen molar-refractivity contribution in [3.05, 3.63) is 41.6 Å². The third-order valence-electron chi connectivity index (χ3n) is 5.90. The summed E-state index contributed by atoms with van der Waals surface area (Å²) in [5, 5.41) is 0. The van der Waals surface area contributed by atoms with Gasteiger partial charge < -0.3 is 14.4 Å². The molecule has 0 saturated heterocycles. The Morgan fingerprint density at radius 2 is 1.84 bits per heavy atom. The van der Waals surface area contributed by atoms with Gasteiger partial charge in [0.15, 0.2) is 5.78 Å². The first-order valence-corrected chi connectivity index (χ1v) is 12.0. The molecule has 32 heavy (non-hydrogen) atoms. The second kappa shape index (κ2) is 12.1. The molecule has 2 rings (SSSR count). The molecule has 0 bridgehead atoms. The van der Waals surface area contributed by atoms with Gasteiger partial charge in [-0.25, -0.2) is 0 Å². The number of methoxy groups -OCH3 is 1. The Morgan fingerprint density at radius 1 is 1.16 bits per heavy atom. The predicted molar refractivity (Wildman–Crippen MR) is 129 cm³/mol. The Balaban J connectivity index is 2.23. The summed E-state index contributed by atoms with van der Waals surface area (Å²) in [5.41, 5.74) is 1.60. The summed E-state index contributed by atoms with van der Waals surface area (Å²) in [7, 11) is 1.67. The normalized spacial score (nSPS) is 17.7. The summed E-state index contributed by atoms with van der Waals surface area (Å²) >= 11 is 0. The SMILES string of the molecule is CCCCCC[C@@H]1CC(=O)C=C(CCC(=O)OC(C)(C)C)N1[C@H](C)c1ccc(OC)cc1. The van der Waals surface area contributed by atoms with Crippen LogP contribution < -0.4 is 4.74 Å². The number of carbonyl (C=O) groups is 2. The number of allylic oxidation sites excluding steroid dienone is 2. The van der Waals surface area contributed by atoms with E-state index >= 15 is 0 Å². The number of esters is 1. The van der Waals surface area contributed by atoms with Gasteiger partial charge in [0.2, 0.25) is 0 Å². The highest BCUT2D eigenvalue weighted by Gasteiger charge is 2.32. The molecule has 0 unspecified atom stereocenters. The van der Waals surface area contributed by atoms with E-state index in [-0.39, 0.29) is 30.3 Å². The minimum atomic E-state index is -0.508. The van der Waals surface area contributed by atoms with Gasteiger partial charge in [-0.15, -0.1) is 0 Å². The van der Waals surface area contributed by atoms with Crippen LogP contribution in [-0.4, -0.2) is 35.4 Å². The molecule has 0 spiro atoms. The van der Waals surface area contributed by atoms with Gasteiger partial charge in [-0.05, 0) is 58.2 Å². The number of hydrogen-bond acceptors (Lipinski definition) is 5. The van der Waals surface area contributed by atoms with Crippen molar-refractivity contribution in [2.24, 2.45) is 0 Å². The molecule has 0 amide bonds. The first kappa shape index (κ1) is 26.0. The molecule has 1 aromatic carbocycles. The number of carbonyl (C=O) groups excluding carboxylic acids is 2. The molecule has 0 saturated carbocycles. The number of benzene rings is 1. The van der Waals surface area contributed by atoms with E-state index in [1.165, 1.54) is 24.8 Å². The average molecular weight is 444 g/mol. The molecule has 0 radical (unpaired) electrons. The largest absolute Gasteiger partial charge is 0.497 e. The first-order valence-electron chi connectivity index (χ1n) is 12.0. The highest BCUT2D eigenvalue weighted by molar-refractivity contribution is 5.91.